The number of fused-ring (bicyclic) bond motifs is 1. The predicted octanol–water partition coefficient (Wildman–Crippen LogP) is 2.90. The molecule has 0 aliphatic heterocycles. The van der Waals surface area contributed by atoms with Gasteiger partial charge in [0.05, 0.1) is 25.8 Å². The van der Waals surface area contributed by atoms with Crippen LogP contribution in [0.5, 0.6) is 0 Å². The minimum atomic E-state index is -1.43. The molecule has 0 amide bonds. The summed E-state index contributed by atoms with van der Waals surface area (Å²) in [5, 5.41) is 2.46. The van der Waals surface area contributed by atoms with Crippen LogP contribution in [0.2, 0.25) is 19.6 Å². The fraction of sp³-hybridized carbons (Fsp3) is 0.400. The first-order valence-corrected chi connectivity index (χ1v) is 10.1. The van der Waals surface area contributed by atoms with Crippen molar-refractivity contribution < 1.29 is 9.53 Å². The van der Waals surface area contributed by atoms with Crippen LogP contribution < -0.4 is 5.32 Å². The van der Waals surface area contributed by atoms with Crippen molar-refractivity contribution in [3.63, 3.8) is 0 Å². The molecule has 2 rings (SSSR count). The summed E-state index contributed by atoms with van der Waals surface area (Å²) in [5.74, 6) is -0.239. The number of aromatic nitrogens is 1. The molecule has 0 saturated carbocycles. The fourth-order valence-electron chi connectivity index (χ4n) is 2.51. The van der Waals surface area contributed by atoms with Crippen LogP contribution in [0.3, 0.4) is 0 Å². The number of esters is 1. The number of carbonyl (C=O) groups excluding carboxylic acids is 1. The number of para-hydroxylation sites is 1. The van der Waals surface area contributed by atoms with Crippen molar-refractivity contribution in [3.8, 4) is 0 Å². The first-order chi connectivity index (χ1) is 8.86. The maximum atomic E-state index is 12.0. The summed E-state index contributed by atoms with van der Waals surface area (Å²) in [5.41, 5.74) is 1.64. The van der Waals surface area contributed by atoms with E-state index >= 15 is 0 Å². The van der Waals surface area contributed by atoms with Crippen LogP contribution in [0.4, 0.5) is 0 Å². The van der Waals surface area contributed by atoms with Gasteiger partial charge in [-0.3, -0.25) is 0 Å². The van der Waals surface area contributed by atoms with Crippen molar-refractivity contribution in [1.29, 1.82) is 0 Å². The number of ether oxygens (including phenoxy) is 1. The standard InChI is InChI=1S/C15H21NO2Si/c1-6-18-15(17)12-9-7-8-11-10-13(19(3,4)5)16(2)14(11)12/h7-10H,6H2,1-5H3. The molecule has 4 heteroatoms. The Morgan fingerprint density at radius 3 is 2.58 bits per heavy atom. The van der Waals surface area contributed by atoms with Gasteiger partial charge in [0.25, 0.3) is 0 Å². The molecule has 0 aliphatic rings. The summed E-state index contributed by atoms with van der Waals surface area (Å²) in [4.78, 5) is 12.0. The number of benzene rings is 1. The Morgan fingerprint density at radius 2 is 2.00 bits per heavy atom. The Kier molecular flexibility index (Phi) is 3.54. The number of hydrogen-bond acceptors (Lipinski definition) is 2. The van der Waals surface area contributed by atoms with Gasteiger partial charge in [-0.25, -0.2) is 4.79 Å². The molecule has 0 atom stereocenters. The Bertz CT molecular complexity index is 623. The third-order valence-corrected chi connectivity index (χ3v) is 5.34. The molecule has 2 aromatic rings. The van der Waals surface area contributed by atoms with Gasteiger partial charge in [-0.15, -0.1) is 0 Å². The highest BCUT2D eigenvalue weighted by molar-refractivity contribution is 6.88. The lowest BCUT2D eigenvalue weighted by atomic mass is 10.1. The van der Waals surface area contributed by atoms with Crippen LogP contribution in [0.25, 0.3) is 10.9 Å². The van der Waals surface area contributed by atoms with Gasteiger partial charge in [0.15, 0.2) is 0 Å². The monoisotopic (exact) mass is 275 g/mol. The topological polar surface area (TPSA) is 31.2 Å². The van der Waals surface area contributed by atoms with Crippen molar-refractivity contribution in [3.05, 3.63) is 29.8 Å². The number of nitrogens with zero attached hydrogens (tertiary/aromatic N) is 1. The molecule has 1 aromatic carbocycles. The van der Waals surface area contributed by atoms with E-state index in [1.807, 2.05) is 26.1 Å². The minimum Gasteiger partial charge on any atom is -0.462 e. The highest BCUT2D eigenvalue weighted by Crippen LogP contribution is 2.21. The Hall–Kier alpha value is -1.55. The number of carbonyl (C=O) groups is 1. The third kappa shape index (κ3) is 2.45. The van der Waals surface area contributed by atoms with Crippen molar-refractivity contribution in [2.45, 2.75) is 26.6 Å². The van der Waals surface area contributed by atoms with E-state index in [2.05, 4.69) is 36.3 Å². The summed E-state index contributed by atoms with van der Waals surface area (Å²) >= 11 is 0. The smallest absolute Gasteiger partial charge is 0.340 e. The van der Waals surface area contributed by atoms with Crippen molar-refractivity contribution in [1.82, 2.24) is 4.57 Å². The number of rotatable bonds is 3. The molecule has 0 bridgehead atoms. The van der Waals surface area contributed by atoms with E-state index < -0.39 is 8.07 Å². The third-order valence-electron chi connectivity index (χ3n) is 3.32. The van der Waals surface area contributed by atoms with Crippen molar-refractivity contribution in [2.24, 2.45) is 7.05 Å². The van der Waals surface area contributed by atoms with Gasteiger partial charge < -0.3 is 9.30 Å². The molecule has 0 aliphatic carbocycles. The largest absolute Gasteiger partial charge is 0.462 e. The van der Waals surface area contributed by atoms with Crippen LogP contribution in [-0.4, -0.2) is 25.2 Å². The second-order valence-corrected chi connectivity index (χ2v) is 10.8. The second-order valence-electron chi connectivity index (χ2n) is 5.80. The maximum Gasteiger partial charge on any atom is 0.340 e. The average molecular weight is 275 g/mol. The molecule has 0 N–H and O–H groups in total. The zero-order valence-electron chi connectivity index (χ0n) is 12.3. The Labute approximate surface area is 115 Å². The molecule has 1 heterocycles. The molecule has 1 aromatic heterocycles. The lowest BCUT2D eigenvalue weighted by Crippen LogP contribution is -2.41. The molecule has 0 fully saturated rings. The summed E-state index contributed by atoms with van der Waals surface area (Å²) < 4.78 is 7.31. The lowest BCUT2D eigenvalue weighted by molar-refractivity contribution is 0.0528. The maximum absolute atomic E-state index is 12.0. The van der Waals surface area contributed by atoms with Gasteiger partial charge in [-0.2, -0.15) is 0 Å². The summed E-state index contributed by atoms with van der Waals surface area (Å²) in [7, 11) is 0.614. The molecule has 0 spiro atoms. The first-order valence-electron chi connectivity index (χ1n) is 6.62. The Balaban J connectivity index is 2.68. The van der Waals surface area contributed by atoms with E-state index in [1.165, 1.54) is 5.32 Å². The molecule has 0 unspecified atom stereocenters. The SMILES string of the molecule is CCOC(=O)c1cccc2cc([Si](C)(C)C)n(C)c12. The zero-order valence-corrected chi connectivity index (χ0v) is 13.3. The van der Waals surface area contributed by atoms with E-state index in [4.69, 9.17) is 4.74 Å². The minimum absolute atomic E-state index is 0.239. The van der Waals surface area contributed by atoms with E-state index in [0.29, 0.717) is 12.2 Å². The van der Waals surface area contributed by atoms with Gasteiger partial charge in [-0.05, 0) is 19.1 Å². The summed E-state index contributed by atoms with van der Waals surface area (Å²) in [6.07, 6.45) is 0. The van der Waals surface area contributed by atoms with Crippen LogP contribution >= 0.6 is 0 Å². The number of hydrogen-bond donors (Lipinski definition) is 0. The predicted molar refractivity (Wildman–Crippen MR) is 81.9 cm³/mol. The Morgan fingerprint density at radius 1 is 1.32 bits per heavy atom. The molecular formula is C15H21NO2Si. The van der Waals surface area contributed by atoms with E-state index in [0.717, 1.165) is 10.9 Å². The van der Waals surface area contributed by atoms with Gasteiger partial charge in [-0.1, -0.05) is 31.8 Å². The van der Waals surface area contributed by atoms with Crippen LogP contribution in [0.1, 0.15) is 17.3 Å². The molecule has 19 heavy (non-hydrogen) atoms. The molecule has 0 radical (unpaired) electrons. The van der Waals surface area contributed by atoms with Gasteiger partial charge in [0.1, 0.15) is 0 Å². The van der Waals surface area contributed by atoms with Gasteiger partial charge in [0, 0.05) is 17.8 Å². The average Bonchev–Trinajstić information content (AvgIpc) is 2.67. The van der Waals surface area contributed by atoms with Crippen molar-refractivity contribution in [2.75, 3.05) is 6.61 Å². The highest BCUT2D eigenvalue weighted by Gasteiger charge is 2.23. The van der Waals surface area contributed by atoms with Gasteiger partial charge >= 0.3 is 5.97 Å². The van der Waals surface area contributed by atoms with E-state index in [9.17, 15) is 4.79 Å². The molecular weight excluding hydrogens is 254 g/mol. The quantitative estimate of drug-likeness (QED) is 0.637. The van der Waals surface area contributed by atoms with E-state index in [-0.39, 0.29) is 5.97 Å². The highest BCUT2D eigenvalue weighted by atomic mass is 28.3. The molecule has 0 saturated heterocycles. The summed E-state index contributed by atoms with van der Waals surface area (Å²) in [6, 6.07) is 8.03. The fourth-order valence-corrected chi connectivity index (χ4v) is 4.22. The second kappa shape index (κ2) is 4.85. The van der Waals surface area contributed by atoms with E-state index in [1.54, 1.807) is 0 Å². The normalized spacial score (nSPS) is 11.8. The first kappa shape index (κ1) is 13.9. The van der Waals surface area contributed by atoms with Crippen LogP contribution in [0.15, 0.2) is 24.3 Å². The summed E-state index contributed by atoms with van der Waals surface area (Å²) in [6.45, 7) is 9.17. The molecule has 3 nitrogen and oxygen atoms in total. The van der Waals surface area contributed by atoms with Crippen LogP contribution in [-0.2, 0) is 11.8 Å². The van der Waals surface area contributed by atoms with Gasteiger partial charge in [0.2, 0.25) is 0 Å². The molecule has 102 valence electrons. The van der Waals surface area contributed by atoms with Crippen molar-refractivity contribution >= 4 is 30.3 Å². The lowest BCUT2D eigenvalue weighted by Gasteiger charge is -2.17. The van der Waals surface area contributed by atoms with Crippen LogP contribution in [0, 0.1) is 0 Å². The number of aryl methyl sites for hydroxylation is 1. The zero-order chi connectivity index (χ0) is 14.2.